The van der Waals surface area contributed by atoms with Crippen LogP contribution in [0.2, 0.25) is 0 Å². The highest BCUT2D eigenvalue weighted by Gasteiger charge is 2.15. The van der Waals surface area contributed by atoms with Crippen molar-refractivity contribution < 1.29 is 9.53 Å². The molecule has 1 unspecified atom stereocenters. The molecule has 0 radical (unpaired) electrons. The van der Waals surface area contributed by atoms with E-state index in [0.717, 1.165) is 0 Å². The van der Waals surface area contributed by atoms with Crippen LogP contribution in [0.25, 0.3) is 0 Å². The highest BCUT2D eigenvalue weighted by molar-refractivity contribution is 5.81. The van der Waals surface area contributed by atoms with E-state index in [1.165, 1.54) is 0 Å². The number of methoxy groups -OCH3 is 1. The molecule has 0 heterocycles. The van der Waals surface area contributed by atoms with Crippen molar-refractivity contribution in [1.82, 2.24) is 4.90 Å². The molecule has 0 saturated carbocycles. The first kappa shape index (κ1) is 9.59. The SMILES string of the molecule is COCC(C(C)=O)N(C)C. The van der Waals surface area contributed by atoms with Crippen molar-refractivity contribution in [1.29, 1.82) is 0 Å². The second-order valence-corrected chi connectivity index (χ2v) is 2.55. The molecule has 0 rings (SSSR count). The second kappa shape index (κ2) is 4.41. The summed E-state index contributed by atoms with van der Waals surface area (Å²) in [7, 11) is 5.33. The summed E-state index contributed by atoms with van der Waals surface area (Å²) in [6.07, 6.45) is 0. The first-order chi connectivity index (χ1) is 4.59. The van der Waals surface area contributed by atoms with E-state index in [9.17, 15) is 4.79 Å². The largest absolute Gasteiger partial charge is 0.383 e. The van der Waals surface area contributed by atoms with Gasteiger partial charge >= 0.3 is 0 Å². The number of Topliss-reactive ketones (excluding diaryl/α,β-unsaturated/α-hetero) is 1. The maximum atomic E-state index is 10.9. The Morgan fingerprint density at radius 3 is 2.20 bits per heavy atom. The van der Waals surface area contributed by atoms with Gasteiger partial charge in [0.25, 0.3) is 0 Å². The van der Waals surface area contributed by atoms with E-state index in [1.807, 2.05) is 19.0 Å². The van der Waals surface area contributed by atoms with Gasteiger partial charge in [-0.2, -0.15) is 0 Å². The van der Waals surface area contributed by atoms with Crippen molar-refractivity contribution in [3.8, 4) is 0 Å². The maximum absolute atomic E-state index is 10.9. The van der Waals surface area contributed by atoms with Crippen LogP contribution in [0.15, 0.2) is 0 Å². The molecule has 0 aromatic carbocycles. The van der Waals surface area contributed by atoms with Crippen LogP contribution in [-0.2, 0) is 9.53 Å². The van der Waals surface area contributed by atoms with Crippen LogP contribution in [0, 0.1) is 0 Å². The van der Waals surface area contributed by atoms with Gasteiger partial charge < -0.3 is 4.74 Å². The van der Waals surface area contributed by atoms with Gasteiger partial charge in [0.15, 0.2) is 0 Å². The third-order valence-electron chi connectivity index (χ3n) is 1.42. The molecule has 0 saturated heterocycles. The zero-order valence-electron chi connectivity index (χ0n) is 7.05. The van der Waals surface area contributed by atoms with Gasteiger partial charge in [0, 0.05) is 7.11 Å². The summed E-state index contributed by atoms with van der Waals surface area (Å²) in [4.78, 5) is 12.7. The number of hydrogen-bond acceptors (Lipinski definition) is 3. The molecule has 0 aliphatic rings. The predicted octanol–water partition coefficient (Wildman–Crippen LogP) is 0.152. The van der Waals surface area contributed by atoms with Gasteiger partial charge in [0.2, 0.25) is 0 Å². The zero-order valence-corrected chi connectivity index (χ0v) is 7.05. The first-order valence-corrected chi connectivity index (χ1v) is 3.25. The molecule has 0 amide bonds. The predicted molar refractivity (Wildman–Crippen MR) is 40.0 cm³/mol. The minimum atomic E-state index is -0.0926. The van der Waals surface area contributed by atoms with Gasteiger partial charge in [0.1, 0.15) is 5.78 Å². The second-order valence-electron chi connectivity index (χ2n) is 2.55. The Bertz CT molecular complexity index is 112. The quantitative estimate of drug-likeness (QED) is 0.564. The Labute approximate surface area is 62.0 Å². The molecule has 0 aliphatic carbocycles. The van der Waals surface area contributed by atoms with Crippen molar-refractivity contribution in [3.05, 3.63) is 0 Å². The lowest BCUT2D eigenvalue weighted by Gasteiger charge is -2.19. The highest BCUT2D eigenvalue weighted by atomic mass is 16.5. The normalized spacial score (nSPS) is 13.7. The van der Waals surface area contributed by atoms with Crippen LogP contribution in [0.4, 0.5) is 0 Å². The van der Waals surface area contributed by atoms with Crippen LogP contribution >= 0.6 is 0 Å². The lowest BCUT2D eigenvalue weighted by Crippen LogP contribution is -2.37. The van der Waals surface area contributed by atoms with Crippen molar-refractivity contribution >= 4 is 5.78 Å². The summed E-state index contributed by atoms with van der Waals surface area (Å²) >= 11 is 0. The summed E-state index contributed by atoms with van der Waals surface area (Å²) in [6.45, 7) is 2.05. The van der Waals surface area contributed by atoms with E-state index in [-0.39, 0.29) is 11.8 Å². The number of rotatable bonds is 4. The average Bonchev–Trinajstić information content (AvgIpc) is 1.81. The van der Waals surface area contributed by atoms with Gasteiger partial charge in [-0.3, -0.25) is 9.69 Å². The molecule has 1 atom stereocenters. The third kappa shape index (κ3) is 2.94. The molecule has 0 bridgehead atoms. The molecule has 60 valence electrons. The summed E-state index contributed by atoms with van der Waals surface area (Å²) in [5.74, 6) is 0.145. The number of ketones is 1. The lowest BCUT2D eigenvalue weighted by molar-refractivity contribution is -0.122. The van der Waals surface area contributed by atoms with Gasteiger partial charge in [-0.05, 0) is 21.0 Å². The van der Waals surface area contributed by atoms with E-state index in [4.69, 9.17) is 4.74 Å². The molecule has 10 heavy (non-hydrogen) atoms. The topological polar surface area (TPSA) is 29.5 Å². The zero-order chi connectivity index (χ0) is 8.15. The monoisotopic (exact) mass is 145 g/mol. The van der Waals surface area contributed by atoms with Gasteiger partial charge in [0.05, 0.1) is 12.6 Å². The molecule has 0 N–H and O–H groups in total. The molecular weight excluding hydrogens is 130 g/mol. The minimum Gasteiger partial charge on any atom is -0.383 e. The summed E-state index contributed by atoms with van der Waals surface area (Å²) < 4.78 is 4.86. The number of ether oxygens (including phenoxy) is 1. The molecular formula is C7H15NO2. The van der Waals surface area contributed by atoms with Crippen molar-refractivity contribution in [3.63, 3.8) is 0 Å². The van der Waals surface area contributed by atoms with Gasteiger partial charge in [-0.1, -0.05) is 0 Å². The molecule has 0 aromatic heterocycles. The van der Waals surface area contributed by atoms with Crippen molar-refractivity contribution in [2.75, 3.05) is 27.8 Å². The van der Waals surface area contributed by atoms with Crippen LogP contribution in [0.5, 0.6) is 0 Å². The van der Waals surface area contributed by atoms with Crippen LogP contribution < -0.4 is 0 Å². The standard InChI is InChI=1S/C7H15NO2/c1-6(9)7(5-10-4)8(2)3/h7H,5H2,1-4H3. The summed E-state index contributed by atoms with van der Waals surface area (Å²) in [5, 5.41) is 0. The Morgan fingerprint density at radius 2 is 2.10 bits per heavy atom. The number of likely N-dealkylation sites (N-methyl/N-ethyl adjacent to an activating group) is 1. The Balaban J connectivity index is 3.85. The van der Waals surface area contributed by atoms with Crippen LogP contribution in [-0.4, -0.2) is 44.5 Å². The van der Waals surface area contributed by atoms with E-state index >= 15 is 0 Å². The van der Waals surface area contributed by atoms with E-state index in [2.05, 4.69) is 0 Å². The third-order valence-corrected chi connectivity index (χ3v) is 1.42. The van der Waals surface area contributed by atoms with E-state index in [1.54, 1.807) is 14.0 Å². The lowest BCUT2D eigenvalue weighted by atomic mass is 10.2. The van der Waals surface area contributed by atoms with Crippen molar-refractivity contribution in [2.24, 2.45) is 0 Å². The van der Waals surface area contributed by atoms with Gasteiger partial charge in [-0.15, -0.1) is 0 Å². The first-order valence-electron chi connectivity index (χ1n) is 3.25. The Hall–Kier alpha value is -0.410. The van der Waals surface area contributed by atoms with Crippen LogP contribution in [0.3, 0.4) is 0 Å². The number of carbonyl (C=O) groups is 1. The molecule has 0 aliphatic heterocycles. The molecule has 0 aromatic rings. The number of nitrogens with zero attached hydrogens (tertiary/aromatic N) is 1. The van der Waals surface area contributed by atoms with E-state index < -0.39 is 0 Å². The fourth-order valence-corrected chi connectivity index (χ4v) is 0.788. The molecule has 3 heteroatoms. The molecule has 0 spiro atoms. The Kier molecular flexibility index (Phi) is 4.23. The minimum absolute atomic E-state index is 0.0926. The highest BCUT2D eigenvalue weighted by Crippen LogP contribution is 1.94. The summed E-state index contributed by atoms with van der Waals surface area (Å²) in [5.41, 5.74) is 0. The summed E-state index contributed by atoms with van der Waals surface area (Å²) in [6, 6.07) is -0.0926. The number of hydrogen-bond donors (Lipinski definition) is 0. The van der Waals surface area contributed by atoms with Crippen LogP contribution in [0.1, 0.15) is 6.92 Å². The fraction of sp³-hybridized carbons (Fsp3) is 0.857. The number of carbonyl (C=O) groups excluding carboxylic acids is 1. The molecule has 0 fully saturated rings. The van der Waals surface area contributed by atoms with Crippen molar-refractivity contribution in [2.45, 2.75) is 13.0 Å². The van der Waals surface area contributed by atoms with Gasteiger partial charge in [-0.25, -0.2) is 0 Å². The molecule has 3 nitrogen and oxygen atoms in total. The average molecular weight is 145 g/mol. The van der Waals surface area contributed by atoms with E-state index in [0.29, 0.717) is 6.61 Å². The maximum Gasteiger partial charge on any atom is 0.149 e. The Morgan fingerprint density at radius 1 is 1.60 bits per heavy atom. The smallest absolute Gasteiger partial charge is 0.149 e. The fourth-order valence-electron chi connectivity index (χ4n) is 0.788.